The maximum Gasteiger partial charge on any atom is 0.206 e. The van der Waals surface area contributed by atoms with Gasteiger partial charge in [0.25, 0.3) is 0 Å². The molecule has 0 radical (unpaired) electrons. The first kappa shape index (κ1) is 30.4. The average Bonchev–Trinajstić information content (AvgIpc) is 2.84. The molecule has 0 bridgehead atoms. The molecule has 6 nitrogen and oxygen atoms in total. The zero-order valence-electron chi connectivity index (χ0n) is 21.4. The molecule has 1 aliphatic heterocycles. The molecule has 32 heavy (non-hydrogen) atoms. The number of amidine groups is 1. The van der Waals surface area contributed by atoms with Gasteiger partial charge in [0, 0.05) is 55.4 Å². The molecule has 0 amide bonds. The second kappa shape index (κ2) is 18.9. The van der Waals surface area contributed by atoms with E-state index in [-0.39, 0.29) is 17.4 Å². The van der Waals surface area contributed by atoms with Crippen LogP contribution >= 0.6 is 11.9 Å². The zero-order valence-corrected chi connectivity index (χ0v) is 22.2. The fraction of sp³-hybridized carbons (Fsp3) is 0.720. The Morgan fingerprint density at radius 1 is 1.06 bits per heavy atom. The molecular formula is C25H46N4O2S. The van der Waals surface area contributed by atoms with E-state index in [2.05, 4.69) is 52.3 Å². The van der Waals surface area contributed by atoms with Gasteiger partial charge in [-0.2, -0.15) is 4.40 Å². The summed E-state index contributed by atoms with van der Waals surface area (Å²) in [7, 11) is 0. The Labute approximate surface area is 201 Å². The number of nitrogens with zero attached hydrogens (tertiary/aromatic N) is 4. The Morgan fingerprint density at radius 3 is 2.12 bits per heavy atom. The Hall–Kier alpha value is -1.60. The molecule has 2 atom stereocenters. The number of piperazine rings is 1. The lowest BCUT2D eigenvalue weighted by molar-refractivity contribution is -0.490. The van der Waals surface area contributed by atoms with Crippen molar-refractivity contribution >= 4 is 17.8 Å². The summed E-state index contributed by atoms with van der Waals surface area (Å²) in [5, 5.41) is 11.1. The van der Waals surface area contributed by atoms with Gasteiger partial charge in [0.15, 0.2) is 0 Å². The molecule has 184 valence electrons. The third-order valence-electron chi connectivity index (χ3n) is 5.61. The van der Waals surface area contributed by atoms with Crippen molar-refractivity contribution in [3.8, 4) is 0 Å². The summed E-state index contributed by atoms with van der Waals surface area (Å²) in [6.45, 7) is 17.2. The van der Waals surface area contributed by atoms with Crippen LogP contribution in [-0.4, -0.2) is 66.1 Å². The van der Waals surface area contributed by atoms with E-state index < -0.39 is 0 Å². The van der Waals surface area contributed by atoms with Crippen LogP contribution in [0.5, 0.6) is 0 Å². The first-order valence-electron chi connectivity index (χ1n) is 12.3. The van der Waals surface area contributed by atoms with Gasteiger partial charge in [0.1, 0.15) is 5.84 Å². The van der Waals surface area contributed by atoms with Gasteiger partial charge in [-0.15, -0.1) is 0 Å². The minimum atomic E-state index is -0.139. The predicted octanol–water partition coefficient (Wildman–Crippen LogP) is 6.10. The van der Waals surface area contributed by atoms with E-state index >= 15 is 0 Å². The first-order valence-corrected chi connectivity index (χ1v) is 13.5. The van der Waals surface area contributed by atoms with Gasteiger partial charge in [0.2, 0.25) is 6.54 Å². The van der Waals surface area contributed by atoms with Gasteiger partial charge in [-0.3, -0.25) is 15.0 Å². The summed E-state index contributed by atoms with van der Waals surface area (Å²) in [5.41, 5.74) is 1.16. The number of nitro groups is 1. The standard InChI is InChI=1S/C21H34N4O2S.2C2H6/c1-4-9-20(18(5-2)17-25(26)27)16-23-12-14-24(15-13-23)21(22-28-3)19-10-7-6-8-11-19;2*1-2/h6-8,10-11,18,20H,4-5,9,12-17H2,1-3H3;2*1-2H3/b22-21+;;. The molecule has 1 aromatic rings. The van der Waals surface area contributed by atoms with Crippen molar-refractivity contribution in [2.75, 3.05) is 45.5 Å². The van der Waals surface area contributed by atoms with Crippen LogP contribution in [0.2, 0.25) is 0 Å². The Kier molecular flexibility index (Phi) is 18.0. The molecule has 1 heterocycles. The third-order valence-corrected chi connectivity index (χ3v) is 5.96. The summed E-state index contributed by atoms with van der Waals surface area (Å²) in [6.07, 6.45) is 5.02. The summed E-state index contributed by atoms with van der Waals surface area (Å²) in [5.74, 6) is 1.63. The Balaban J connectivity index is 0.00000227. The molecule has 2 unspecified atom stereocenters. The Morgan fingerprint density at radius 2 is 1.66 bits per heavy atom. The SMILES string of the molecule is CC.CC.CCCC(CN1CCN(/C(=N/SC)c2ccccc2)CC1)C(CC)C[N+](=O)[O-]. The highest BCUT2D eigenvalue weighted by molar-refractivity contribution is 7.97. The lowest BCUT2D eigenvalue weighted by Gasteiger charge is -2.39. The van der Waals surface area contributed by atoms with Crippen molar-refractivity contribution < 1.29 is 4.92 Å². The Bertz CT molecular complexity index is 620. The molecule has 1 aromatic carbocycles. The number of hydrogen-bond donors (Lipinski definition) is 0. The van der Waals surface area contributed by atoms with E-state index in [0.29, 0.717) is 5.92 Å². The summed E-state index contributed by atoms with van der Waals surface area (Å²) in [4.78, 5) is 15.8. The second-order valence-corrected chi connectivity index (χ2v) is 8.03. The summed E-state index contributed by atoms with van der Waals surface area (Å²) < 4.78 is 4.67. The summed E-state index contributed by atoms with van der Waals surface area (Å²) >= 11 is 1.50. The van der Waals surface area contributed by atoms with Gasteiger partial charge >= 0.3 is 0 Å². The highest BCUT2D eigenvalue weighted by Crippen LogP contribution is 2.24. The maximum absolute atomic E-state index is 11.1. The molecule has 1 saturated heterocycles. The molecule has 7 heteroatoms. The first-order chi connectivity index (χ1) is 15.6. The van der Waals surface area contributed by atoms with Crippen LogP contribution in [0.3, 0.4) is 0 Å². The number of benzene rings is 1. The van der Waals surface area contributed by atoms with E-state index in [1.165, 1.54) is 11.9 Å². The van der Waals surface area contributed by atoms with Crippen molar-refractivity contribution in [3.63, 3.8) is 0 Å². The van der Waals surface area contributed by atoms with Crippen LogP contribution in [0.4, 0.5) is 0 Å². The van der Waals surface area contributed by atoms with Crippen LogP contribution in [0.25, 0.3) is 0 Å². The van der Waals surface area contributed by atoms with Crippen LogP contribution in [0.1, 0.15) is 66.4 Å². The van der Waals surface area contributed by atoms with Crippen LogP contribution in [-0.2, 0) is 0 Å². The smallest absolute Gasteiger partial charge is 0.206 e. The van der Waals surface area contributed by atoms with Crippen molar-refractivity contribution in [2.24, 2.45) is 16.2 Å². The normalized spacial score (nSPS) is 16.2. The van der Waals surface area contributed by atoms with Crippen molar-refractivity contribution in [1.29, 1.82) is 0 Å². The van der Waals surface area contributed by atoms with Gasteiger partial charge in [-0.25, -0.2) is 0 Å². The topological polar surface area (TPSA) is 62.0 Å². The number of hydrogen-bond acceptors (Lipinski definition) is 5. The molecule has 1 aliphatic rings. The van der Waals surface area contributed by atoms with Crippen molar-refractivity contribution in [1.82, 2.24) is 9.80 Å². The van der Waals surface area contributed by atoms with E-state index in [9.17, 15) is 10.1 Å². The molecule has 0 saturated carbocycles. The lowest BCUT2D eigenvalue weighted by atomic mass is 9.86. The lowest BCUT2D eigenvalue weighted by Crippen LogP contribution is -2.50. The fourth-order valence-corrected chi connectivity index (χ4v) is 4.48. The fourth-order valence-electron chi connectivity index (χ4n) is 4.09. The molecular weight excluding hydrogens is 420 g/mol. The summed E-state index contributed by atoms with van der Waals surface area (Å²) in [6, 6.07) is 10.4. The van der Waals surface area contributed by atoms with E-state index in [0.717, 1.165) is 63.4 Å². The van der Waals surface area contributed by atoms with Gasteiger partial charge in [-0.05, 0) is 30.7 Å². The molecule has 0 aliphatic carbocycles. The van der Waals surface area contributed by atoms with Gasteiger partial charge in [0.05, 0.1) is 0 Å². The monoisotopic (exact) mass is 466 g/mol. The maximum atomic E-state index is 11.1. The molecule has 0 spiro atoms. The van der Waals surface area contributed by atoms with Crippen LogP contribution < -0.4 is 0 Å². The van der Waals surface area contributed by atoms with Gasteiger partial charge < -0.3 is 4.90 Å². The second-order valence-electron chi connectivity index (χ2n) is 7.48. The molecule has 2 rings (SSSR count). The zero-order chi connectivity index (χ0) is 24.4. The molecule has 1 fully saturated rings. The van der Waals surface area contributed by atoms with E-state index in [1.54, 1.807) is 0 Å². The average molecular weight is 467 g/mol. The highest BCUT2D eigenvalue weighted by atomic mass is 32.2. The minimum Gasteiger partial charge on any atom is -0.353 e. The molecule has 0 N–H and O–H groups in total. The third kappa shape index (κ3) is 10.8. The predicted molar refractivity (Wildman–Crippen MR) is 141 cm³/mol. The van der Waals surface area contributed by atoms with E-state index in [1.807, 2.05) is 40.0 Å². The molecule has 0 aromatic heterocycles. The van der Waals surface area contributed by atoms with Crippen LogP contribution in [0, 0.1) is 22.0 Å². The largest absolute Gasteiger partial charge is 0.353 e. The van der Waals surface area contributed by atoms with Crippen molar-refractivity contribution in [2.45, 2.75) is 60.8 Å². The highest BCUT2D eigenvalue weighted by Gasteiger charge is 2.28. The van der Waals surface area contributed by atoms with Crippen LogP contribution in [0.15, 0.2) is 34.7 Å². The number of rotatable bonds is 10. The minimum absolute atomic E-state index is 0.0969. The van der Waals surface area contributed by atoms with E-state index in [4.69, 9.17) is 0 Å². The van der Waals surface area contributed by atoms with Gasteiger partial charge in [-0.1, -0.05) is 78.3 Å². The van der Waals surface area contributed by atoms with Crippen molar-refractivity contribution in [3.05, 3.63) is 46.0 Å². The quantitative estimate of drug-likeness (QED) is 0.137.